The van der Waals surface area contributed by atoms with Crippen LogP contribution in [0.1, 0.15) is 25.7 Å². The van der Waals surface area contributed by atoms with Crippen LogP contribution in [0.15, 0.2) is 10.9 Å². The maximum Gasteiger partial charge on any atom is 0.310 e. The van der Waals surface area contributed by atoms with Gasteiger partial charge in [0.05, 0.1) is 12.0 Å². The van der Waals surface area contributed by atoms with Crippen LogP contribution < -0.4 is 0 Å². The van der Waals surface area contributed by atoms with Crippen LogP contribution in [0.5, 0.6) is 0 Å². The summed E-state index contributed by atoms with van der Waals surface area (Å²) >= 11 is 0. The normalized spacial score (nSPS) is 26.8. The van der Waals surface area contributed by atoms with Crippen LogP contribution in [0.4, 0.5) is 0 Å². The van der Waals surface area contributed by atoms with E-state index >= 15 is 0 Å². The Morgan fingerprint density at radius 1 is 1.75 bits per heavy atom. The zero-order chi connectivity index (χ0) is 11.6. The van der Waals surface area contributed by atoms with E-state index in [0.717, 1.165) is 19.4 Å². The highest BCUT2D eigenvalue weighted by Crippen LogP contribution is 2.30. The zero-order valence-electron chi connectivity index (χ0n) is 9.22. The van der Waals surface area contributed by atoms with E-state index in [4.69, 9.17) is 9.63 Å². The van der Waals surface area contributed by atoms with Gasteiger partial charge in [0, 0.05) is 6.54 Å². The van der Waals surface area contributed by atoms with Gasteiger partial charge in [-0.3, -0.25) is 9.69 Å². The van der Waals surface area contributed by atoms with Crippen molar-refractivity contribution in [3.05, 3.63) is 12.2 Å². The van der Waals surface area contributed by atoms with E-state index < -0.39 is 11.4 Å². The lowest BCUT2D eigenvalue weighted by atomic mass is 9.82. The Hall–Kier alpha value is -1.43. The van der Waals surface area contributed by atoms with E-state index in [1.807, 2.05) is 4.90 Å². The smallest absolute Gasteiger partial charge is 0.310 e. The largest absolute Gasteiger partial charge is 0.481 e. The molecular formula is C10H15N3O3. The number of carbonyl (C=O) groups is 1. The van der Waals surface area contributed by atoms with Crippen molar-refractivity contribution in [2.24, 2.45) is 5.41 Å². The molecule has 0 aromatic carbocycles. The van der Waals surface area contributed by atoms with Crippen molar-refractivity contribution < 1.29 is 14.4 Å². The molecule has 1 atom stereocenters. The summed E-state index contributed by atoms with van der Waals surface area (Å²) in [5, 5.41) is 12.7. The van der Waals surface area contributed by atoms with Crippen LogP contribution in [0.3, 0.4) is 0 Å². The molecule has 0 saturated carbocycles. The van der Waals surface area contributed by atoms with Gasteiger partial charge in [0.1, 0.15) is 0 Å². The van der Waals surface area contributed by atoms with Gasteiger partial charge in [-0.1, -0.05) is 5.16 Å². The molecule has 2 rings (SSSR count). The van der Waals surface area contributed by atoms with Gasteiger partial charge in [-0.05, 0) is 26.3 Å². The number of aliphatic carboxylic acids is 1. The highest BCUT2D eigenvalue weighted by Gasteiger charge is 2.38. The molecule has 1 aromatic rings. The third kappa shape index (κ3) is 2.21. The van der Waals surface area contributed by atoms with E-state index in [1.165, 1.54) is 6.33 Å². The van der Waals surface area contributed by atoms with Crippen molar-refractivity contribution >= 4 is 5.97 Å². The van der Waals surface area contributed by atoms with Crippen LogP contribution in [0, 0.1) is 5.41 Å². The van der Waals surface area contributed by atoms with Crippen molar-refractivity contribution in [2.75, 3.05) is 13.1 Å². The number of rotatable bonds is 3. The molecule has 0 spiro atoms. The monoisotopic (exact) mass is 225 g/mol. The molecule has 1 saturated heterocycles. The van der Waals surface area contributed by atoms with Crippen LogP contribution >= 0.6 is 0 Å². The van der Waals surface area contributed by atoms with Gasteiger partial charge >= 0.3 is 5.97 Å². The summed E-state index contributed by atoms with van der Waals surface area (Å²) in [6, 6.07) is 0. The van der Waals surface area contributed by atoms with Gasteiger partial charge in [0.25, 0.3) is 0 Å². The molecule has 0 bridgehead atoms. The SMILES string of the molecule is CC1(C(=O)O)CCCN(Cc2ncno2)C1. The van der Waals surface area contributed by atoms with Gasteiger partial charge in [0.15, 0.2) is 6.33 Å². The lowest BCUT2D eigenvalue weighted by Crippen LogP contribution is -2.45. The second-order valence-corrected chi connectivity index (χ2v) is 4.52. The Bertz CT molecular complexity index is 365. The van der Waals surface area contributed by atoms with Gasteiger partial charge in [-0.15, -0.1) is 0 Å². The molecule has 1 aliphatic heterocycles. The number of carboxylic acids is 1. The number of piperidine rings is 1. The minimum absolute atomic E-state index is 0.531. The van der Waals surface area contributed by atoms with Crippen molar-refractivity contribution in [1.82, 2.24) is 15.0 Å². The second-order valence-electron chi connectivity index (χ2n) is 4.52. The molecule has 0 amide bonds. The average molecular weight is 225 g/mol. The molecule has 2 heterocycles. The molecule has 16 heavy (non-hydrogen) atoms. The summed E-state index contributed by atoms with van der Waals surface area (Å²) in [5.41, 5.74) is -0.654. The van der Waals surface area contributed by atoms with Crippen LogP contribution in [-0.2, 0) is 11.3 Å². The molecule has 1 N–H and O–H groups in total. The molecule has 1 aromatic heterocycles. The standard InChI is InChI=1S/C10H15N3O3/c1-10(9(14)15)3-2-4-13(6-10)5-8-11-7-12-16-8/h7H,2-6H2,1H3,(H,14,15). The third-order valence-electron chi connectivity index (χ3n) is 3.06. The number of aromatic nitrogens is 2. The highest BCUT2D eigenvalue weighted by atomic mass is 16.5. The first kappa shape index (κ1) is 11.1. The van der Waals surface area contributed by atoms with Gasteiger partial charge < -0.3 is 9.63 Å². The number of carboxylic acid groups (broad SMARTS) is 1. The van der Waals surface area contributed by atoms with E-state index in [-0.39, 0.29) is 0 Å². The Morgan fingerprint density at radius 3 is 3.19 bits per heavy atom. The minimum Gasteiger partial charge on any atom is -0.481 e. The van der Waals surface area contributed by atoms with E-state index in [9.17, 15) is 4.79 Å². The average Bonchev–Trinajstić information content (AvgIpc) is 2.70. The van der Waals surface area contributed by atoms with Crippen molar-refractivity contribution in [3.63, 3.8) is 0 Å². The first-order valence-corrected chi connectivity index (χ1v) is 5.31. The van der Waals surface area contributed by atoms with Crippen LogP contribution in [0.25, 0.3) is 0 Å². The number of likely N-dealkylation sites (tertiary alicyclic amines) is 1. The molecule has 88 valence electrons. The van der Waals surface area contributed by atoms with E-state index in [2.05, 4.69) is 10.1 Å². The summed E-state index contributed by atoms with van der Waals surface area (Å²) in [6.07, 6.45) is 2.97. The molecule has 6 heteroatoms. The molecule has 0 radical (unpaired) electrons. The second kappa shape index (κ2) is 4.21. The van der Waals surface area contributed by atoms with E-state index in [1.54, 1.807) is 6.92 Å². The molecule has 1 fully saturated rings. The quantitative estimate of drug-likeness (QED) is 0.818. The van der Waals surface area contributed by atoms with Crippen molar-refractivity contribution in [2.45, 2.75) is 26.3 Å². The summed E-state index contributed by atoms with van der Waals surface area (Å²) in [7, 11) is 0. The molecular weight excluding hydrogens is 210 g/mol. The van der Waals surface area contributed by atoms with Gasteiger partial charge in [-0.25, -0.2) is 0 Å². The summed E-state index contributed by atoms with van der Waals surface area (Å²) in [5.74, 6) is -0.197. The maximum absolute atomic E-state index is 11.1. The van der Waals surface area contributed by atoms with Gasteiger partial charge in [-0.2, -0.15) is 4.98 Å². The molecule has 6 nitrogen and oxygen atoms in total. The lowest BCUT2D eigenvalue weighted by molar-refractivity contribution is -0.151. The number of hydrogen-bond acceptors (Lipinski definition) is 5. The molecule has 1 unspecified atom stereocenters. The molecule has 1 aliphatic rings. The topological polar surface area (TPSA) is 79.5 Å². The van der Waals surface area contributed by atoms with Crippen molar-refractivity contribution in [1.29, 1.82) is 0 Å². The maximum atomic E-state index is 11.1. The van der Waals surface area contributed by atoms with Crippen molar-refractivity contribution in [3.8, 4) is 0 Å². The fourth-order valence-electron chi connectivity index (χ4n) is 2.11. The predicted molar refractivity (Wildman–Crippen MR) is 54.6 cm³/mol. The Labute approximate surface area is 93.2 Å². The highest BCUT2D eigenvalue weighted by molar-refractivity contribution is 5.74. The fraction of sp³-hybridized carbons (Fsp3) is 0.700. The first-order valence-electron chi connectivity index (χ1n) is 5.31. The minimum atomic E-state index is -0.734. The third-order valence-corrected chi connectivity index (χ3v) is 3.06. The Kier molecular flexibility index (Phi) is 2.91. The summed E-state index contributed by atoms with van der Waals surface area (Å²) < 4.78 is 4.91. The Balaban J connectivity index is 1.99. The van der Waals surface area contributed by atoms with Crippen LogP contribution in [-0.4, -0.2) is 39.2 Å². The molecule has 0 aliphatic carbocycles. The fourth-order valence-corrected chi connectivity index (χ4v) is 2.11. The Morgan fingerprint density at radius 2 is 2.56 bits per heavy atom. The predicted octanol–water partition coefficient (Wildman–Crippen LogP) is 0.756. The van der Waals surface area contributed by atoms with Crippen LogP contribution in [0.2, 0.25) is 0 Å². The van der Waals surface area contributed by atoms with Gasteiger partial charge in [0.2, 0.25) is 5.89 Å². The number of hydrogen-bond donors (Lipinski definition) is 1. The summed E-state index contributed by atoms with van der Waals surface area (Å²) in [6.45, 7) is 3.73. The van der Waals surface area contributed by atoms with E-state index in [0.29, 0.717) is 19.0 Å². The first-order chi connectivity index (χ1) is 7.60. The zero-order valence-corrected chi connectivity index (χ0v) is 9.22. The number of nitrogens with zero attached hydrogens (tertiary/aromatic N) is 3. The lowest BCUT2D eigenvalue weighted by Gasteiger charge is -2.36. The summed E-state index contributed by atoms with van der Waals surface area (Å²) in [4.78, 5) is 17.1.